The summed E-state index contributed by atoms with van der Waals surface area (Å²) in [6.45, 7) is 7.45. The summed E-state index contributed by atoms with van der Waals surface area (Å²) in [6, 6.07) is 0. The minimum absolute atomic E-state index is 0.145. The molecule has 0 aromatic carbocycles. The van der Waals surface area contributed by atoms with Gasteiger partial charge in [-0.2, -0.15) is 0 Å². The van der Waals surface area contributed by atoms with Crippen molar-refractivity contribution >= 4 is 5.78 Å². The Hall–Kier alpha value is -0.370. The van der Waals surface area contributed by atoms with E-state index in [0.717, 1.165) is 0 Å². The summed E-state index contributed by atoms with van der Waals surface area (Å²) >= 11 is 0. The molecule has 0 aromatic heterocycles. The monoisotopic (exact) mass is 158 g/mol. The highest BCUT2D eigenvalue weighted by atomic mass is 16.3. The SMILES string of the molecule is CCC(=O)[C@@H](C)[C@H](O)C(C)C. The Morgan fingerprint density at radius 3 is 2.09 bits per heavy atom. The van der Waals surface area contributed by atoms with Crippen molar-refractivity contribution in [3.8, 4) is 0 Å². The molecule has 0 unspecified atom stereocenters. The predicted molar refractivity (Wildman–Crippen MR) is 45.3 cm³/mol. The third kappa shape index (κ3) is 3.02. The van der Waals surface area contributed by atoms with Gasteiger partial charge in [-0.3, -0.25) is 4.79 Å². The van der Waals surface area contributed by atoms with E-state index in [1.807, 2.05) is 20.8 Å². The lowest BCUT2D eigenvalue weighted by Crippen LogP contribution is -2.29. The Bertz CT molecular complexity index is 130. The average Bonchev–Trinajstić information content (AvgIpc) is 2.00. The van der Waals surface area contributed by atoms with Crippen LogP contribution in [-0.2, 0) is 4.79 Å². The number of aliphatic hydroxyl groups is 1. The van der Waals surface area contributed by atoms with E-state index in [1.165, 1.54) is 0 Å². The molecule has 0 rings (SSSR count). The number of rotatable bonds is 4. The van der Waals surface area contributed by atoms with Crippen LogP contribution in [0.4, 0.5) is 0 Å². The van der Waals surface area contributed by atoms with Crippen LogP contribution in [0, 0.1) is 11.8 Å². The van der Waals surface area contributed by atoms with Crippen LogP contribution in [0.25, 0.3) is 0 Å². The summed E-state index contributed by atoms with van der Waals surface area (Å²) < 4.78 is 0. The van der Waals surface area contributed by atoms with E-state index in [0.29, 0.717) is 6.42 Å². The summed E-state index contributed by atoms with van der Waals surface area (Å²) in [6.07, 6.45) is 0.0350. The van der Waals surface area contributed by atoms with E-state index < -0.39 is 6.10 Å². The van der Waals surface area contributed by atoms with Gasteiger partial charge in [0.1, 0.15) is 5.78 Å². The molecule has 0 aliphatic heterocycles. The van der Waals surface area contributed by atoms with Gasteiger partial charge in [0.05, 0.1) is 6.10 Å². The fourth-order valence-electron chi connectivity index (χ4n) is 1.09. The molecule has 0 bridgehead atoms. The second-order valence-electron chi connectivity index (χ2n) is 3.34. The highest BCUT2D eigenvalue weighted by molar-refractivity contribution is 5.80. The van der Waals surface area contributed by atoms with Crippen molar-refractivity contribution in [3.05, 3.63) is 0 Å². The van der Waals surface area contributed by atoms with Crippen LogP contribution in [0.1, 0.15) is 34.1 Å². The van der Waals surface area contributed by atoms with E-state index >= 15 is 0 Å². The largest absolute Gasteiger partial charge is 0.392 e. The van der Waals surface area contributed by atoms with Crippen molar-refractivity contribution in [1.82, 2.24) is 0 Å². The zero-order valence-corrected chi connectivity index (χ0v) is 7.79. The number of hydrogen-bond donors (Lipinski definition) is 1. The Balaban J connectivity index is 4.01. The maximum atomic E-state index is 11.1. The van der Waals surface area contributed by atoms with Crippen LogP contribution in [-0.4, -0.2) is 17.0 Å². The predicted octanol–water partition coefficient (Wildman–Crippen LogP) is 1.62. The first-order valence-electron chi connectivity index (χ1n) is 4.21. The Morgan fingerprint density at radius 1 is 1.36 bits per heavy atom. The number of carbonyl (C=O) groups is 1. The van der Waals surface area contributed by atoms with Gasteiger partial charge in [0.15, 0.2) is 0 Å². The van der Waals surface area contributed by atoms with Gasteiger partial charge >= 0.3 is 0 Å². The highest BCUT2D eigenvalue weighted by Gasteiger charge is 2.22. The van der Waals surface area contributed by atoms with Crippen LogP contribution < -0.4 is 0 Å². The van der Waals surface area contributed by atoms with Crippen LogP contribution in [0.2, 0.25) is 0 Å². The van der Waals surface area contributed by atoms with Crippen molar-refractivity contribution < 1.29 is 9.90 Å². The number of hydrogen-bond acceptors (Lipinski definition) is 2. The van der Waals surface area contributed by atoms with Gasteiger partial charge in [-0.15, -0.1) is 0 Å². The highest BCUT2D eigenvalue weighted by Crippen LogP contribution is 2.14. The number of aliphatic hydroxyl groups excluding tert-OH is 1. The molecule has 0 aliphatic carbocycles. The minimum Gasteiger partial charge on any atom is -0.392 e. The minimum atomic E-state index is -0.484. The summed E-state index contributed by atoms with van der Waals surface area (Å²) in [5, 5.41) is 9.48. The van der Waals surface area contributed by atoms with E-state index in [-0.39, 0.29) is 17.6 Å². The maximum Gasteiger partial charge on any atom is 0.138 e. The Labute approximate surface area is 68.6 Å². The summed E-state index contributed by atoms with van der Waals surface area (Å²) in [5.74, 6) is 0.103. The van der Waals surface area contributed by atoms with Crippen molar-refractivity contribution in [2.24, 2.45) is 11.8 Å². The van der Waals surface area contributed by atoms with Crippen molar-refractivity contribution in [2.45, 2.75) is 40.2 Å². The van der Waals surface area contributed by atoms with Crippen molar-refractivity contribution in [1.29, 1.82) is 0 Å². The van der Waals surface area contributed by atoms with Gasteiger partial charge in [0, 0.05) is 12.3 Å². The molecule has 0 radical (unpaired) electrons. The van der Waals surface area contributed by atoms with Crippen molar-refractivity contribution in [3.63, 3.8) is 0 Å². The molecule has 2 heteroatoms. The molecule has 2 nitrogen and oxygen atoms in total. The quantitative estimate of drug-likeness (QED) is 0.675. The molecule has 2 atom stereocenters. The van der Waals surface area contributed by atoms with Gasteiger partial charge < -0.3 is 5.11 Å². The van der Waals surface area contributed by atoms with E-state index in [9.17, 15) is 9.90 Å². The molecule has 0 amide bonds. The average molecular weight is 158 g/mol. The van der Waals surface area contributed by atoms with E-state index in [1.54, 1.807) is 6.92 Å². The zero-order valence-electron chi connectivity index (χ0n) is 7.79. The first kappa shape index (κ1) is 10.6. The van der Waals surface area contributed by atoms with Gasteiger partial charge in [-0.25, -0.2) is 0 Å². The fraction of sp³-hybridized carbons (Fsp3) is 0.889. The second kappa shape index (κ2) is 4.50. The summed E-state index contributed by atoms with van der Waals surface area (Å²) in [5.41, 5.74) is 0. The van der Waals surface area contributed by atoms with Gasteiger partial charge in [0.25, 0.3) is 0 Å². The van der Waals surface area contributed by atoms with E-state index in [2.05, 4.69) is 0 Å². The van der Waals surface area contributed by atoms with Crippen LogP contribution in [0.15, 0.2) is 0 Å². The lowest BCUT2D eigenvalue weighted by molar-refractivity contribution is -0.126. The molecule has 0 aromatic rings. The Morgan fingerprint density at radius 2 is 1.82 bits per heavy atom. The normalized spacial score (nSPS) is 16.5. The third-order valence-electron chi connectivity index (χ3n) is 2.05. The van der Waals surface area contributed by atoms with Crippen LogP contribution in [0.3, 0.4) is 0 Å². The van der Waals surface area contributed by atoms with Crippen molar-refractivity contribution in [2.75, 3.05) is 0 Å². The van der Waals surface area contributed by atoms with Crippen LogP contribution >= 0.6 is 0 Å². The molecule has 0 aliphatic rings. The molecular weight excluding hydrogens is 140 g/mol. The molecule has 1 N–H and O–H groups in total. The zero-order chi connectivity index (χ0) is 9.02. The number of ketones is 1. The lowest BCUT2D eigenvalue weighted by atomic mass is 9.90. The standard InChI is InChI=1S/C9H18O2/c1-5-8(10)7(4)9(11)6(2)3/h6-7,9,11H,5H2,1-4H3/t7-,9-/m1/s1. The maximum absolute atomic E-state index is 11.1. The summed E-state index contributed by atoms with van der Waals surface area (Å²) in [7, 11) is 0. The summed E-state index contributed by atoms with van der Waals surface area (Å²) in [4.78, 5) is 11.1. The second-order valence-corrected chi connectivity index (χ2v) is 3.34. The molecule has 0 fully saturated rings. The van der Waals surface area contributed by atoms with Crippen LogP contribution in [0.5, 0.6) is 0 Å². The molecular formula is C9H18O2. The number of Topliss-reactive ketones (excluding diaryl/α,β-unsaturated/α-hetero) is 1. The molecule has 0 saturated carbocycles. The smallest absolute Gasteiger partial charge is 0.138 e. The lowest BCUT2D eigenvalue weighted by Gasteiger charge is -2.20. The molecule has 0 heterocycles. The van der Waals surface area contributed by atoms with Gasteiger partial charge in [-0.1, -0.05) is 27.7 Å². The molecule has 11 heavy (non-hydrogen) atoms. The third-order valence-corrected chi connectivity index (χ3v) is 2.05. The van der Waals surface area contributed by atoms with Gasteiger partial charge in [0.2, 0.25) is 0 Å². The van der Waals surface area contributed by atoms with E-state index in [4.69, 9.17) is 0 Å². The molecule has 0 spiro atoms. The first-order chi connectivity index (χ1) is 5.00. The van der Waals surface area contributed by atoms with Gasteiger partial charge in [-0.05, 0) is 5.92 Å². The fourth-order valence-corrected chi connectivity index (χ4v) is 1.09. The molecule has 0 saturated heterocycles. The number of carbonyl (C=O) groups excluding carboxylic acids is 1. The topological polar surface area (TPSA) is 37.3 Å². The first-order valence-corrected chi connectivity index (χ1v) is 4.21. The Kier molecular flexibility index (Phi) is 4.34. The molecule has 66 valence electrons.